The SMILES string of the molecule is O=C(Nc1ccccc1N1CCOC1=O)c1ccc([C@H]2CCCN2)s1. The van der Waals surface area contributed by atoms with E-state index in [-0.39, 0.29) is 12.0 Å². The first-order chi connectivity index (χ1) is 12.2. The Morgan fingerprint density at radius 2 is 2.16 bits per heavy atom. The van der Waals surface area contributed by atoms with Crippen LogP contribution in [0.15, 0.2) is 36.4 Å². The number of hydrogen-bond donors (Lipinski definition) is 2. The zero-order valence-electron chi connectivity index (χ0n) is 13.7. The minimum Gasteiger partial charge on any atom is -0.447 e. The molecule has 2 fully saturated rings. The highest BCUT2D eigenvalue weighted by molar-refractivity contribution is 7.14. The number of ether oxygens (including phenoxy) is 1. The first kappa shape index (κ1) is 16.1. The van der Waals surface area contributed by atoms with Gasteiger partial charge in [0.25, 0.3) is 5.91 Å². The van der Waals surface area contributed by atoms with E-state index < -0.39 is 0 Å². The summed E-state index contributed by atoms with van der Waals surface area (Å²) in [5.74, 6) is -0.158. The summed E-state index contributed by atoms with van der Waals surface area (Å²) < 4.78 is 4.99. The molecule has 2 N–H and O–H groups in total. The third-order valence-corrected chi connectivity index (χ3v) is 5.66. The molecule has 6 nitrogen and oxygen atoms in total. The predicted octanol–water partition coefficient (Wildman–Crippen LogP) is 3.38. The summed E-state index contributed by atoms with van der Waals surface area (Å²) in [4.78, 5) is 27.9. The molecular weight excluding hydrogens is 338 g/mol. The molecular formula is C18H19N3O3S. The molecule has 2 amide bonds. The molecule has 3 heterocycles. The lowest BCUT2D eigenvalue weighted by Crippen LogP contribution is -2.25. The Kier molecular flexibility index (Phi) is 4.42. The van der Waals surface area contributed by atoms with Gasteiger partial charge in [-0.15, -0.1) is 11.3 Å². The van der Waals surface area contributed by atoms with Gasteiger partial charge in [0.2, 0.25) is 0 Å². The molecule has 0 unspecified atom stereocenters. The number of benzene rings is 1. The molecule has 4 rings (SSSR count). The molecule has 0 radical (unpaired) electrons. The van der Waals surface area contributed by atoms with Crippen molar-refractivity contribution in [1.29, 1.82) is 0 Å². The predicted molar refractivity (Wildman–Crippen MR) is 97.4 cm³/mol. The second kappa shape index (κ2) is 6.85. The van der Waals surface area contributed by atoms with Crippen molar-refractivity contribution in [2.75, 3.05) is 29.9 Å². The highest BCUT2D eigenvalue weighted by Gasteiger charge is 2.26. The topological polar surface area (TPSA) is 70.7 Å². The number of cyclic esters (lactones) is 1. The van der Waals surface area contributed by atoms with Gasteiger partial charge in [0.05, 0.1) is 22.8 Å². The fraction of sp³-hybridized carbons (Fsp3) is 0.333. The summed E-state index contributed by atoms with van der Waals surface area (Å²) in [7, 11) is 0. The van der Waals surface area contributed by atoms with E-state index >= 15 is 0 Å². The molecule has 2 aromatic rings. The molecule has 0 spiro atoms. The number of anilines is 2. The van der Waals surface area contributed by atoms with Crippen LogP contribution in [0.2, 0.25) is 0 Å². The van der Waals surface area contributed by atoms with Gasteiger partial charge >= 0.3 is 6.09 Å². The number of amides is 2. The van der Waals surface area contributed by atoms with Crippen molar-refractivity contribution in [3.8, 4) is 0 Å². The second-order valence-corrected chi connectivity index (χ2v) is 7.20. The second-order valence-electron chi connectivity index (χ2n) is 6.09. The largest absolute Gasteiger partial charge is 0.447 e. The van der Waals surface area contributed by atoms with Crippen LogP contribution in [0.25, 0.3) is 0 Å². The lowest BCUT2D eigenvalue weighted by molar-refractivity contribution is 0.103. The lowest BCUT2D eigenvalue weighted by Gasteiger charge is -2.17. The number of carbonyl (C=O) groups excluding carboxylic acids is 2. The molecule has 0 saturated carbocycles. The molecule has 1 aromatic carbocycles. The number of rotatable bonds is 4. The van der Waals surface area contributed by atoms with Crippen LogP contribution in [-0.2, 0) is 4.74 Å². The van der Waals surface area contributed by atoms with Gasteiger partial charge in [-0.3, -0.25) is 9.69 Å². The summed E-state index contributed by atoms with van der Waals surface area (Å²) in [6, 6.07) is 11.5. The third-order valence-electron chi connectivity index (χ3n) is 4.46. The van der Waals surface area contributed by atoms with Crippen molar-refractivity contribution in [2.45, 2.75) is 18.9 Å². The smallest absolute Gasteiger partial charge is 0.414 e. The van der Waals surface area contributed by atoms with E-state index in [0.717, 1.165) is 13.0 Å². The van der Waals surface area contributed by atoms with Crippen molar-refractivity contribution in [3.63, 3.8) is 0 Å². The van der Waals surface area contributed by atoms with Crippen LogP contribution in [0.1, 0.15) is 33.4 Å². The maximum Gasteiger partial charge on any atom is 0.414 e. The number of hydrogen-bond acceptors (Lipinski definition) is 5. The van der Waals surface area contributed by atoms with Crippen LogP contribution in [0.3, 0.4) is 0 Å². The summed E-state index contributed by atoms with van der Waals surface area (Å²) in [6.07, 6.45) is 1.90. The lowest BCUT2D eigenvalue weighted by atomic mass is 10.2. The zero-order valence-corrected chi connectivity index (χ0v) is 14.5. The normalized spacial score (nSPS) is 19.9. The van der Waals surface area contributed by atoms with Gasteiger partial charge < -0.3 is 15.4 Å². The van der Waals surface area contributed by atoms with Crippen molar-refractivity contribution >= 4 is 34.7 Å². The molecule has 1 atom stereocenters. The van der Waals surface area contributed by atoms with Crippen molar-refractivity contribution < 1.29 is 14.3 Å². The number of nitrogens with zero attached hydrogens (tertiary/aromatic N) is 1. The number of nitrogens with one attached hydrogen (secondary N) is 2. The van der Waals surface area contributed by atoms with Gasteiger partial charge in [0.1, 0.15) is 6.61 Å². The Balaban J connectivity index is 1.52. The van der Waals surface area contributed by atoms with Crippen molar-refractivity contribution in [2.24, 2.45) is 0 Å². The van der Waals surface area contributed by atoms with E-state index in [2.05, 4.69) is 10.6 Å². The number of para-hydroxylation sites is 2. The third kappa shape index (κ3) is 3.25. The zero-order chi connectivity index (χ0) is 17.2. The van der Waals surface area contributed by atoms with E-state index in [1.165, 1.54) is 27.5 Å². The minimum atomic E-state index is -0.382. The van der Waals surface area contributed by atoms with Crippen molar-refractivity contribution in [1.82, 2.24) is 5.32 Å². The fourth-order valence-corrected chi connectivity index (χ4v) is 4.21. The van der Waals surface area contributed by atoms with Crippen molar-refractivity contribution in [3.05, 3.63) is 46.2 Å². The monoisotopic (exact) mass is 357 g/mol. The van der Waals surface area contributed by atoms with Gasteiger partial charge in [-0.05, 0) is 43.7 Å². The standard InChI is InChI=1S/C18H19N3O3S/c22-17(16-8-7-15(25-16)13-5-3-9-19-13)20-12-4-1-2-6-14(12)21-10-11-24-18(21)23/h1-2,4,6-8,13,19H,3,5,9-11H2,(H,20,22)/t13-/m1/s1. The average Bonchev–Trinajstić information content (AvgIpc) is 3.36. The minimum absolute atomic E-state index is 0.158. The molecule has 0 bridgehead atoms. The summed E-state index contributed by atoms with van der Waals surface area (Å²) in [5.41, 5.74) is 1.27. The number of carbonyl (C=O) groups is 2. The first-order valence-corrected chi connectivity index (χ1v) is 9.22. The highest BCUT2D eigenvalue weighted by Crippen LogP contribution is 2.31. The Labute approximate surface area is 149 Å². The summed E-state index contributed by atoms with van der Waals surface area (Å²) >= 11 is 1.52. The molecule has 2 aliphatic heterocycles. The molecule has 2 saturated heterocycles. The molecule has 7 heteroatoms. The Bertz CT molecular complexity index is 798. The Morgan fingerprint density at radius 1 is 1.28 bits per heavy atom. The van der Waals surface area contributed by atoms with E-state index in [1.54, 1.807) is 6.07 Å². The summed E-state index contributed by atoms with van der Waals surface area (Å²) in [5, 5.41) is 6.38. The van der Waals surface area contributed by atoms with Crippen LogP contribution in [0, 0.1) is 0 Å². The van der Waals surface area contributed by atoms with E-state index in [0.29, 0.717) is 35.4 Å². The van der Waals surface area contributed by atoms with Gasteiger partial charge in [-0.2, -0.15) is 0 Å². The van der Waals surface area contributed by atoms with Crippen LogP contribution >= 0.6 is 11.3 Å². The quantitative estimate of drug-likeness (QED) is 0.880. The Morgan fingerprint density at radius 3 is 2.92 bits per heavy atom. The van der Waals surface area contributed by atoms with Gasteiger partial charge in [0.15, 0.2) is 0 Å². The fourth-order valence-electron chi connectivity index (χ4n) is 3.20. The molecule has 25 heavy (non-hydrogen) atoms. The maximum absolute atomic E-state index is 12.6. The van der Waals surface area contributed by atoms with E-state index in [1.807, 2.05) is 30.3 Å². The molecule has 1 aromatic heterocycles. The van der Waals surface area contributed by atoms with E-state index in [9.17, 15) is 9.59 Å². The van der Waals surface area contributed by atoms with E-state index in [4.69, 9.17) is 4.74 Å². The average molecular weight is 357 g/mol. The van der Waals surface area contributed by atoms with Gasteiger partial charge in [-0.25, -0.2) is 4.79 Å². The molecule has 130 valence electrons. The first-order valence-electron chi connectivity index (χ1n) is 8.40. The van der Waals surface area contributed by atoms with Crippen LogP contribution in [-0.4, -0.2) is 31.7 Å². The van der Waals surface area contributed by atoms with Crippen LogP contribution < -0.4 is 15.5 Å². The maximum atomic E-state index is 12.6. The van der Waals surface area contributed by atoms with Gasteiger partial charge in [-0.1, -0.05) is 12.1 Å². The van der Waals surface area contributed by atoms with Crippen LogP contribution in [0.4, 0.5) is 16.2 Å². The molecule has 2 aliphatic rings. The van der Waals surface area contributed by atoms with Gasteiger partial charge in [0, 0.05) is 10.9 Å². The summed E-state index contributed by atoms with van der Waals surface area (Å²) in [6.45, 7) is 1.88. The van der Waals surface area contributed by atoms with Crippen LogP contribution in [0.5, 0.6) is 0 Å². The number of thiophene rings is 1. The highest BCUT2D eigenvalue weighted by atomic mass is 32.1. The Hall–Kier alpha value is -2.38. The molecule has 0 aliphatic carbocycles.